The molecule has 244 valence electrons. The minimum absolute atomic E-state index is 0.0183. The van der Waals surface area contributed by atoms with Crippen LogP contribution in [0.5, 0.6) is 0 Å². The quantitative estimate of drug-likeness (QED) is 0.246. The third-order valence-electron chi connectivity index (χ3n) is 6.30. The van der Waals surface area contributed by atoms with Crippen LogP contribution in [0.1, 0.15) is 19.3 Å². The van der Waals surface area contributed by atoms with E-state index in [2.05, 4.69) is 4.28 Å². The van der Waals surface area contributed by atoms with Gasteiger partial charge in [0.1, 0.15) is 0 Å². The third kappa shape index (κ3) is 4.55. The van der Waals surface area contributed by atoms with Crippen molar-refractivity contribution in [2.24, 2.45) is 17.6 Å². The van der Waals surface area contributed by atoms with Crippen LogP contribution in [0.2, 0.25) is 0 Å². The molecule has 0 aromatic carbocycles. The van der Waals surface area contributed by atoms with Crippen molar-refractivity contribution in [3.63, 3.8) is 0 Å². The standard InChI is InChI=1S/C17H11F17N2O5S/c18-10(19,12(22,23)14(26,27)16(30,31)32)11(20,21)13(24,25)15(28,29)17(33,34)42(39,40)41-36-9(38)7-5-2-1-4(3-5)6(7)8(35)37/h4-5H,1-3H2,(H2,35,37)(H,36,38). The van der Waals surface area contributed by atoms with Gasteiger partial charge in [0.05, 0.1) is 0 Å². The molecule has 7 nitrogen and oxygen atoms in total. The Kier molecular flexibility index (Phi) is 8.22. The molecule has 0 saturated heterocycles. The number of halogens is 17. The van der Waals surface area contributed by atoms with E-state index in [1.807, 2.05) is 0 Å². The lowest BCUT2D eigenvalue weighted by molar-refractivity contribution is -0.458. The minimum Gasteiger partial charge on any atom is -0.366 e. The average Bonchev–Trinajstić information content (AvgIpc) is 3.42. The van der Waals surface area contributed by atoms with Gasteiger partial charge in [-0.15, -0.1) is 4.28 Å². The maximum Gasteiger partial charge on any atom is 0.460 e. The molecule has 1 saturated carbocycles. The van der Waals surface area contributed by atoms with Crippen molar-refractivity contribution >= 4 is 21.9 Å². The summed E-state index contributed by atoms with van der Waals surface area (Å²) in [6.45, 7) is 0. The summed E-state index contributed by atoms with van der Waals surface area (Å²) < 4.78 is 252. The number of fused-ring (bicyclic) bond motifs is 2. The predicted molar refractivity (Wildman–Crippen MR) is 95.9 cm³/mol. The summed E-state index contributed by atoms with van der Waals surface area (Å²) in [5.74, 6) is -57.7. The highest BCUT2D eigenvalue weighted by molar-refractivity contribution is 7.87. The van der Waals surface area contributed by atoms with E-state index in [-0.39, 0.29) is 19.3 Å². The number of nitrogens with two attached hydrogens (primary N) is 1. The molecule has 0 aliphatic heterocycles. The lowest BCUT2D eigenvalue weighted by atomic mass is 9.91. The van der Waals surface area contributed by atoms with Gasteiger partial charge in [-0.1, -0.05) is 0 Å². The van der Waals surface area contributed by atoms with Crippen LogP contribution in [0.25, 0.3) is 0 Å². The Balaban J connectivity index is 2.48. The number of rotatable bonds is 11. The van der Waals surface area contributed by atoms with E-state index in [1.54, 1.807) is 0 Å². The summed E-state index contributed by atoms with van der Waals surface area (Å²) in [7, 11) is -8.00. The van der Waals surface area contributed by atoms with Crippen molar-refractivity contribution in [2.75, 3.05) is 0 Å². The van der Waals surface area contributed by atoms with Gasteiger partial charge >= 0.3 is 57.1 Å². The Bertz CT molecular complexity index is 1270. The molecule has 2 atom stereocenters. The van der Waals surface area contributed by atoms with Crippen LogP contribution in [0.15, 0.2) is 11.1 Å². The number of carbonyl (C=O) groups is 2. The van der Waals surface area contributed by atoms with Crippen molar-refractivity contribution in [1.82, 2.24) is 5.48 Å². The van der Waals surface area contributed by atoms with Gasteiger partial charge in [0.2, 0.25) is 5.91 Å². The first-order valence-corrected chi connectivity index (χ1v) is 11.7. The molecular weight excluding hydrogens is 667 g/mol. The molecule has 0 aromatic rings. The van der Waals surface area contributed by atoms with Gasteiger partial charge in [-0.25, -0.2) is 5.48 Å². The van der Waals surface area contributed by atoms with Gasteiger partial charge in [-0.2, -0.15) is 83.1 Å². The van der Waals surface area contributed by atoms with E-state index >= 15 is 0 Å². The number of amides is 2. The molecule has 2 unspecified atom stereocenters. The molecule has 42 heavy (non-hydrogen) atoms. The summed E-state index contributed by atoms with van der Waals surface area (Å²) >= 11 is 0. The normalized spacial score (nSPS) is 21.6. The van der Waals surface area contributed by atoms with E-state index in [4.69, 9.17) is 5.73 Å². The third-order valence-corrected chi connectivity index (χ3v) is 7.49. The lowest BCUT2D eigenvalue weighted by Crippen LogP contribution is -2.75. The molecule has 2 rings (SSSR count). The molecule has 0 aromatic heterocycles. The molecule has 2 aliphatic carbocycles. The summed E-state index contributed by atoms with van der Waals surface area (Å²) in [6.07, 6.45) is -7.69. The maximum absolute atomic E-state index is 14.0. The summed E-state index contributed by atoms with van der Waals surface area (Å²) in [4.78, 5) is 23.6. The molecule has 2 aliphatic rings. The molecule has 25 heteroatoms. The van der Waals surface area contributed by atoms with Crippen LogP contribution in [0.3, 0.4) is 0 Å². The second-order valence-corrected chi connectivity index (χ2v) is 10.4. The second kappa shape index (κ2) is 9.70. The SMILES string of the molecule is NC(=O)C1=C(C(=O)NOS(=O)(=O)C(F)(F)C(F)(F)C(F)(F)C(F)(F)C(F)(F)C(F)(F)C(F)(F)C(F)(F)F)C2CCC1C2. The molecular formula is C17H11F17N2O5S. The first kappa shape index (κ1) is 35.6. The van der Waals surface area contributed by atoms with Gasteiger partial charge in [-0.3, -0.25) is 9.59 Å². The van der Waals surface area contributed by atoms with Crippen molar-refractivity contribution in [3.8, 4) is 0 Å². The summed E-state index contributed by atoms with van der Waals surface area (Å²) in [5, 5.41) is -7.96. The first-order valence-electron chi connectivity index (χ1n) is 10.3. The Morgan fingerprint density at radius 1 is 0.643 bits per heavy atom. The van der Waals surface area contributed by atoms with Crippen LogP contribution in [0, 0.1) is 11.8 Å². The van der Waals surface area contributed by atoms with Gasteiger partial charge in [0, 0.05) is 11.1 Å². The van der Waals surface area contributed by atoms with E-state index in [0.29, 0.717) is 5.48 Å². The molecule has 2 amide bonds. The van der Waals surface area contributed by atoms with Gasteiger partial charge < -0.3 is 5.73 Å². The van der Waals surface area contributed by atoms with Crippen LogP contribution in [0.4, 0.5) is 74.6 Å². The smallest absolute Gasteiger partial charge is 0.366 e. The van der Waals surface area contributed by atoms with Crippen molar-refractivity contribution in [2.45, 2.75) is 66.2 Å². The summed E-state index contributed by atoms with van der Waals surface area (Å²) in [5.41, 5.74) is 4.15. The largest absolute Gasteiger partial charge is 0.460 e. The highest BCUT2D eigenvalue weighted by Crippen LogP contribution is 2.64. The fourth-order valence-electron chi connectivity index (χ4n) is 4.09. The highest BCUT2D eigenvalue weighted by Gasteiger charge is 2.96. The second-order valence-electron chi connectivity index (χ2n) is 8.83. The zero-order valence-electron chi connectivity index (χ0n) is 19.2. The summed E-state index contributed by atoms with van der Waals surface area (Å²) in [6, 6.07) is 0. The molecule has 0 heterocycles. The maximum atomic E-state index is 14.0. The predicted octanol–water partition coefficient (Wildman–Crippen LogP) is 4.54. The number of alkyl halides is 17. The fourth-order valence-corrected chi connectivity index (χ4v) is 4.83. The van der Waals surface area contributed by atoms with Crippen LogP contribution < -0.4 is 11.2 Å². The van der Waals surface area contributed by atoms with Crippen LogP contribution >= 0.6 is 0 Å². The van der Waals surface area contributed by atoms with E-state index in [1.165, 1.54) is 0 Å². The van der Waals surface area contributed by atoms with E-state index in [0.717, 1.165) is 0 Å². The zero-order chi connectivity index (χ0) is 33.5. The molecule has 3 N–H and O–H groups in total. The zero-order valence-corrected chi connectivity index (χ0v) is 20.0. The van der Waals surface area contributed by atoms with E-state index in [9.17, 15) is 92.6 Å². The average molecular weight is 678 g/mol. The number of primary amides is 1. The fraction of sp³-hybridized carbons (Fsp3) is 0.765. The Morgan fingerprint density at radius 2 is 1.00 bits per heavy atom. The number of nitrogens with one attached hydrogen (secondary N) is 1. The lowest BCUT2D eigenvalue weighted by Gasteiger charge is -2.42. The van der Waals surface area contributed by atoms with Crippen LogP contribution in [-0.2, 0) is 24.0 Å². The molecule has 1 fully saturated rings. The highest BCUT2D eigenvalue weighted by atomic mass is 32.2. The van der Waals surface area contributed by atoms with Gasteiger partial charge in [-0.05, 0) is 31.1 Å². The Hall–Kier alpha value is -2.60. The number of carbonyl (C=O) groups excluding carboxylic acids is 2. The molecule has 0 spiro atoms. The monoisotopic (exact) mass is 678 g/mol. The number of hydroxylamine groups is 1. The Morgan fingerprint density at radius 3 is 1.38 bits per heavy atom. The van der Waals surface area contributed by atoms with Gasteiger partial charge in [0.25, 0.3) is 5.91 Å². The topological polar surface area (TPSA) is 116 Å². The number of hydrogen-bond donors (Lipinski definition) is 2. The Labute approximate surface area is 220 Å². The number of hydrogen-bond acceptors (Lipinski definition) is 5. The first-order chi connectivity index (χ1) is 18.3. The molecule has 0 radical (unpaired) electrons. The van der Waals surface area contributed by atoms with Crippen molar-refractivity contribution in [1.29, 1.82) is 0 Å². The van der Waals surface area contributed by atoms with E-state index < -0.39 is 91.9 Å². The van der Waals surface area contributed by atoms with Crippen molar-refractivity contribution < 1.29 is 96.9 Å². The molecule has 2 bridgehead atoms. The van der Waals surface area contributed by atoms with Gasteiger partial charge in [0.15, 0.2) is 0 Å². The van der Waals surface area contributed by atoms with Crippen molar-refractivity contribution in [3.05, 3.63) is 11.1 Å². The minimum atomic E-state index is -9.01. The van der Waals surface area contributed by atoms with Crippen LogP contribution in [-0.4, -0.2) is 67.2 Å².